The first-order chi connectivity index (χ1) is 10.6. The molecule has 0 radical (unpaired) electrons. The molecule has 6 nitrogen and oxygen atoms in total. The molecule has 0 saturated heterocycles. The van der Waals surface area contributed by atoms with Gasteiger partial charge in [-0.3, -0.25) is 14.4 Å². The summed E-state index contributed by atoms with van der Waals surface area (Å²) in [6, 6.07) is 3.60. The van der Waals surface area contributed by atoms with Crippen molar-refractivity contribution >= 4 is 29.1 Å². The molecule has 0 aromatic carbocycles. The van der Waals surface area contributed by atoms with Crippen LogP contribution in [-0.4, -0.2) is 37.0 Å². The smallest absolute Gasteiger partial charge is 0.308 e. The molecule has 2 amide bonds. The monoisotopic (exact) mass is 326 g/mol. The molecule has 1 rings (SSSR count). The van der Waals surface area contributed by atoms with Crippen molar-refractivity contribution in [3.63, 3.8) is 0 Å². The van der Waals surface area contributed by atoms with Crippen LogP contribution in [0.3, 0.4) is 0 Å². The molecule has 0 spiro atoms. The minimum atomic E-state index is -0.508. The van der Waals surface area contributed by atoms with Gasteiger partial charge in [-0.15, -0.1) is 11.3 Å². The first kappa shape index (κ1) is 18.2. The van der Waals surface area contributed by atoms with Crippen molar-refractivity contribution in [1.29, 1.82) is 0 Å². The van der Waals surface area contributed by atoms with Gasteiger partial charge in [0.2, 0.25) is 0 Å². The molecule has 1 aromatic rings. The Bertz CT molecular complexity index is 484. The zero-order valence-corrected chi connectivity index (χ0v) is 13.7. The average molecular weight is 326 g/mol. The molecule has 0 unspecified atom stereocenters. The van der Waals surface area contributed by atoms with Gasteiger partial charge in [0.1, 0.15) is 0 Å². The number of rotatable bonds is 9. The Hall–Kier alpha value is -1.89. The van der Waals surface area contributed by atoms with E-state index < -0.39 is 5.97 Å². The molecule has 2 N–H and O–H groups in total. The Labute approximate surface area is 134 Å². The number of thiophene rings is 1. The third-order valence-electron chi connectivity index (χ3n) is 3.07. The quantitative estimate of drug-likeness (QED) is 0.677. The Morgan fingerprint density at radius 1 is 1.27 bits per heavy atom. The second kappa shape index (κ2) is 9.94. The summed E-state index contributed by atoms with van der Waals surface area (Å²) in [7, 11) is 0. The lowest BCUT2D eigenvalue weighted by Crippen LogP contribution is -2.37. The predicted octanol–water partition coefficient (Wildman–Crippen LogP) is 1.72. The van der Waals surface area contributed by atoms with E-state index in [1.165, 1.54) is 11.3 Å². The lowest BCUT2D eigenvalue weighted by molar-refractivity contribution is -0.148. The Morgan fingerprint density at radius 3 is 2.59 bits per heavy atom. The van der Waals surface area contributed by atoms with Crippen LogP contribution in [0.15, 0.2) is 17.5 Å². The standard InChI is InChI=1S/C15H22N2O4S/c1-3-11(4-2)17-13(18)10-21-14(19)7-8-16-15(20)12-6-5-9-22-12/h5-6,9,11H,3-4,7-8,10H2,1-2H3,(H,16,20)(H,17,18). The average Bonchev–Trinajstić information content (AvgIpc) is 3.05. The molecular formula is C15H22N2O4S. The number of esters is 1. The maximum absolute atomic E-state index is 11.6. The highest BCUT2D eigenvalue weighted by atomic mass is 32.1. The molecule has 0 saturated carbocycles. The van der Waals surface area contributed by atoms with Crippen molar-refractivity contribution in [3.8, 4) is 0 Å². The van der Waals surface area contributed by atoms with Gasteiger partial charge in [-0.2, -0.15) is 0 Å². The van der Waals surface area contributed by atoms with Gasteiger partial charge in [0.05, 0.1) is 11.3 Å². The molecule has 0 aliphatic carbocycles. The zero-order chi connectivity index (χ0) is 16.4. The van der Waals surface area contributed by atoms with E-state index in [2.05, 4.69) is 10.6 Å². The fourth-order valence-corrected chi connectivity index (χ4v) is 2.39. The largest absolute Gasteiger partial charge is 0.456 e. The summed E-state index contributed by atoms with van der Waals surface area (Å²) in [6.07, 6.45) is 1.71. The summed E-state index contributed by atoms with van der Waals surface area (Å²) < 4.78 is 4.87. The molecule has 1 aromatic heterocycles. The molecule has 122 valence electrons. The van der Waals surface area contributed by atoms with Crippen LogP contribution in [0.1, 0.15) is 42.8 Å². The number of hydrogen-bond acceptors (Lipinski definition) is 5. The van der Waals surface area contributed by atoms with Gasteiger partial charge < -0.3 is 15.4 Å². The van der Waals surface area contributed by atoms with E-state index in [-0.39, 0.29) is 37.4 Å². The van der Waals surface area contributed by atoms with E-state index in [1.54, 1.807) is 12.1 Å². The number of carbonyl (C=O) groups is 3. The van der Waals surface area contributed by atoms with Crippen molar-refractivity contribution in [1.82, 2.24) is 10.6 Å². The van der Waals surface area contributed by atoms with E-state index in [1.807, 2.05) is 19.2 Å². The highest BCUT2D eigenvalue weighted by Gasteiger charge is 2.12. The van der Waals surface area contributed by atoms with Crippen molar-refractivity contribution in [2.45, 2.75) is 39.2 Å². The van der Waals surface area contributed by atoms with Gasteiger partial charge in [-0.25, -0.2) is 0 Å². The van der Waals surface area contributed by atoms with Crippen LogP contribution in [-0.2, 0) is 14.3 Å². The summed E-state index contributed by atoms with van der Waals surface area (Å²) in [5, 5.41) is 7.21. The molecule has 1 heterocycles. The Morgan fingerprint density at radius 2 is 2.00 bits per heavy atom. The molecule has 7 heteroatoms. The third kappa shape index (κ3) is 6.71. The second-order valence-corrected chi connectivity index (χ2v) is 5.67. The minimum absolute atomic E-state index is 0.0371. The molecular weight excluding hydrogens is 304 g/mol. The highest BCUT2D eigenvalue weighted by Crippen LogP contribution is 2.07. The van der Waals surface area contributed by atoms with Crippen LogP contribution < -0.4 is 10.6 Å². The van der Waals surface area contributed by atoms with Crippen LogP contribution in [0, 0.1) is 0 Å². The molecule has 0 fully saturated rings. The van der Waals surface area contributed by atoms with E-state index in [0.717, 1.165) is 12.8 Å². The number of amides is 2. The van der Waals surface area contributed by atoms with Gasteiger partial charge in [-0.1, -0.05) is 19.9 Å². The summed E-state index contributed by atoms with van der Waals surface area (Å²) in [4.78, 5) is 35.3. The van der Waals surface area contributed by atoms with E-state index in [9.17, 15) is 14.4 Å². The molecule has 0 aliphatic rings. The normalized spacial score (nSPS) is 10.3. The number of nitrogens with one attached hydrogen (secondary N) is 2. The van der Waals surface area contributed by atoms with E-state index in [4.69, 9.17) is 4.74 Å². The van der Waals surface area contributed by atoms with Crippen molar-refractivity contribution < 1.29 is 19.1 Å². The van der Waals surface area contributed by atoms with Crippen LogP contribution in [0.2, 0.25) is 0 Å². The van der Waals surface area contributed by atoms with Gasteiger partial charge >= 0.3 is 5.97 Å². The summed E-state index contributed by atoms with van der Waals surface area (Å²) >= 11 is 1.33. The Balaban J connectivity index is 2.15. The fraction of sp³-hybridized carbons (Fsp3) is 0.533. The van der Waals surface area contributed by atoms with E-state index >= 15 is 0 Å². The van der Waals surface area contributed by atoms with Gasteiger partial charge in [0.25, 0.3) is 11.8 Å². The lowest BCUT2D eigenvalue weighted by Gasteiger charge is -2.14. The molecule has 0 aliphatic heterocycles. The van der Waals surface area contributed by atoms with Crippen molar-refractivity contribution in [3.05, 3.63) is 22.4 Å². The maximum atomic E-state index is 11.6. The fourth-order valence-electron chi connectivity index (χ4n) is 1.75. The highest BCUT2D eigenvalue weighted by molar-refractivity contribution is 7.12. The predicted molar refractivity (Wildman–Crippen MR) is 84.7 cm³/mol. The number of carbonyl (C=O) groups excluding carboxylic acids is 3. The van der Waals surface area contributed by atoms with Gasteiger partial charge in [0, 0.05) is 12.6 Å². The molecule has 0 bridgehead atoms. The van der Waals surface area contributed by atoms with Gasteiger partial charge in [-0.05, 0) is 24.3 Å². The lowest BCUT2D eigenvalue weighted by atomic mass is 10.2. The van der Waals surface area contributed by atoms with Crippen molar-refractivity contribution in [2.75, 3.05) is 13.2 Å². The topological polar surface area (TPSA) is 84.5 Å². The van der Waals surface area contributed by atoms with Crippen LogP contribution >= 0.6 is 11.3 Å². The molecule has 0 atom stereocenters. The first-order valence-corrected chi connectivity index (χ1v) is 8.21. The van der Waals surface area contributed by atoms with E-state index in [0.29, 0.717) is 4.88 Å². The Kier molecular flexibility index (Phi) is 8.21. The van der Waals surface area contributed by atoms with Crippen LogP contribution in [0.5, 0.6) is 0 Å². The summed E-state index contributed by atoms with van der Waals surface area (Å²) in [5.41, 5.74) is 0. The van der Waals surface area contributed by atoms with Crippen LogP contribution in [0.4, 0.5) is 0 Å². The SMILES string of the molecule is CCC(CC)NC(=O)COC(=O)CCNC(=O)c1cccs1. The number of ether oxygens (including phenoxy) is 1. The summed E-state index contributed by atoms with van der Waals surface area (Å²) in [6.45, 7) is 3.87. The molecule has 22 heavy (non-hydrogen) atoms. The maximum Gasteiger partial charge on any atom is 0.308 e. The first-order valence-electron chi connectivity index (χ1n) is 7.33. The minimum Gasteiger partial charge on any atom is -0.456 e. The number of hydrogen-bond donors (Lipinski definition) is 2. The summed E-state index contributed by atoms with van der Waals surface area (Å²) in [5.74, 6) is -1.02. The zero-order valence-electron chi connectivity index (χ0n) is 12.9. The van der Waals surface area contributed by atoms with Crippen LogP contribution in [0.25, 0.3) is 0 Å². The second-order valence-electron chi connectivity index (χ2n) is 4.72. The van der Waals surface area contributed by atoms with Crippen molar-refractivity contribution in [2.24, 2.45) is 0 Å². The third-order valence-corrected chi connectivity index (χ3v) is 3.94. The van der Waals surface area contributed by atoms with Gasteiger partial charge in [0.15, 0.2) is 6.61 Å².